The highest BCUT2D eigenvalue weighted by Crippen LogP contribution is 2.18. The summed E-state index contributed by atoms with van der Waals surface area (Å²) in [4.78, 5) is 23.1. The maximum Gasteiger partial charge on any atom is 0.333 e. The van der Waals surface area contributed by atoms with Crippen molar-refractivity contribution in [1.82, 2.24) is 5.32 Å². The molecule has 4 nitrogen and oxygen atoms in total. The van der Waals surface area contributed by atoms with E-state index in [0.717, 1.165) is 6.42 Å². The van der Waals surface area contributed by atoms with Crippen molar-refractivity contribution in [2.24, 2.45) is 0 Å². The Hall–Kier alpha value is -2.10. The van der Waals surface area contributed by atoms with Gasteiger partial charge in [-0.1, -0.05) is 32.6 Å². The zero-order valence-electron chi connectivity index (χ0n) is 12.9. The van der Waals surface area contributed by atoms with Crippen LogP contribution in [0.4, 0.5) is 0 Å². The smallest absolute Gasteiger partial charge is 0.333 e. The lowest BCUT2D eigenvalue weighted by molar-refractivity contribution is -0.138. The van der Waals surface area contributed by atoms with E-state index in [0.29, 0.717) is 17.1 Å². The van der Waals surface area contributed by atoms with Crippen LogP contribution in [0, 0.1) is 0 Å². The molecule has 21 heavy (non-hydrogen) atoms. The van der Waals surface area contributed by atoms with Crippen LogP contribution in [0.5, 0.6) is 0 Å². The number of hydrogen-bond donors (Lipinski definition) is 1. The molecule has 1 atom stereocenters. The Kier molecular flexibility index (Phi) is 6.66. The van der Waals surface area contributed by atoms with Crippen molar-refractivity contribution in [3.8, 4) is 0 Å². The standard InChI is InChI=1S/C17H23NO3/c1-5-13(4)14-6-8-15(9-7-14)16(19)18-10-11-21-17(20)12(2)3/h6-9,13H,2,5,10-11H2,1,3-4H3,(H,18,19). The second-order valence-corrected chi connectivity index (χ2v) is 5.10. The normalized spacial score (nSPS) is 11.6. The molecule has 0 aliphatic carbocycles. The van der Waals surface area contributed by atoms with Gasteiger partial charge in [-0.3, -0.25) is 4.79 Å². The Morgan fingerprint density at radius 1 is 1.29 bits per heavy atom. The number of carbonyl (C=O) groups excluding carboxylic acids is 2. The molecule has 0 bridgehead atoms. The summed E-state index contributed by atoms with van der Waals surface area (Å²) in [6.45, 7) is 9.79. The largest absolute Gasteiger partial charge is 0.460 e. The minimum Gasteiger partial charge on any atom is -0.460 e. The Bertz CT molecular complexity index is 505. The average molecular weight is 289 g/mol. The maximum absolute atomic E-state index is 11.9. The molecular weight excluding hydrogens is 266 g/mol. The van der Waals surface area contributed by atoms with Gasteiger partial charge in [-0.2, -0.15) is 0 Å². The lowest BCUT2D eigenvalue weighted by atomic mass is 9.97. The molecule has 0 fully saturated rings. The highest BCUT2D eigenvalue weighted by Gasteiger charge is 2.08. The third kappa shape index (κ3) is 5.42. The first kappa shape index (κ1) is 17.0. The van der Waals surface area contributed by atoms with E-state index >= 15 is 0 Å². The lowest BCUT2D eigenvalue weighted by Gasteiger charge is -2.10. The van der Waals surface area contributed by atoms with Gasteiger partial charge < -0.3 is 10.1 Å². The Labute approximate surface area is 126 Å². The SMILES string of the molecule is C=C(C)C(=O)OCCNC(=O)c1ccc(C(C)CC)cc1. The molecule has 1 rings (SSSR count). The molecule has 0 aromatic heterocycles. The number of nitrogens with one attached hydrogen (secondary N) is 1. The molecule has 0 heterocycles. The molecule has 0 aliphatic heterocycles. The van der Waals surface area contributed by atoms with Gasteiger partial charge in [0.25, 0.3) is 5.91 Å². The van der Waals surface area contributed by atoms with E-state index in [-0.39, 0.29) is 19.1 Å². The zero-order chi connectivity index (χ0) is 15.8. The van der Waals surface area contributed by atoms with Gasteiger partial charge in [-0.25, -0.2) is 4.79 Å². The monoisotopic (exact) mass is 289 g/mol. The van der Waals surface area contributed by atoms with Crippen LogP contribution in [0.1, 0.15) is 49.0 Å². The molecule has 0 aliphatic rings. The van der Waals surface area contributed by atoms with Gasteiger partial charge >= 0.3 is 5.97 Å². The van der Waals surface area contributed by atoms with Crippen LogP contribution in [0.3, 0.4) is 0 Å². The molecule has 0 spiro atoms. The summed E-state index contributed by atoms with van der Waals surface area (Å²) >= 11 is 0. The molecule has 1 N–H and O–H groups in total. The summed E-state index contributed by atoms with van der Waals surface area (Å²) in [5.74, 6) is -0.122. The number of benzene rings is 1. The molecule has 1 unspecified atom stereocenters. The van der Waals surface area contributed by atoms with E-state index in [1.54, 1.807) is 6.92 Å². The van der Waals surface area contributed by atoms with Crippen molar-refractivity contribution in [2.75, 3.05) is 13.2 Å². The number of esters is 1. The van der Waals surface area contributed by atoms with Gasteiger partial charge in [0.15, 0.2) is 0 Å². The van der Waals surface area contributed by atoms with Gasteiger partial charge in [0.05, 0.1) is 6.54 Å². The fourth-order valence-electron chi connectivity index (χ4n) is 1.73. The van der Waals surface area contributed by atoms with E-state index in [9.17, 15) is 9.59 Å². The minimum absolute atomic E-state index is 0.141. The Balaban J connectivity index is 2.42. The summed E-state index contributed by atoms with van der Waals surface area (Å²) in [5, 5.41) is 2.71. The van der Waals surface area contributed by atoms with E-state index in [4.69, 9.17) is 4.74 Å². The van der Waals surface area contributed by atoms with Crippen molar-refractivity contribution in [3.05, 3.63) is 47.5 Å². The van der Waals surface area contributed by atoms with Crippen LogP contribution in [0.25, 0.3) is 0 Å². The van der Waals surface area contributed by atoms with Gasteiger partial charge in [0, 0.05) is 11.1 Å². The van der Waals surface area contributed by atoms with Crippen LogP contribution in [-0.2, 0) is 9.53 Å². The Morgan fingerprint density at radius 2 is 1.90 bits per heavy atom. The van der Waals surface area contributed by atoms with Crippen LogP contribution in [-0.4, -0.2) is 25.0 Å². The summed E-state index contributed by atoms with van der Waals surface area (Å²) in [6, 6.07) is 7.59. The van der Waals surface area contributed by atoms with Crippen molar-refractivity contribution in [3.63, 3.8) is 0 Å². The second-order valence-electron chi connectivity index (χ2n) is 5.10. The fraction of sp³-hybridized carbons (Fsp3) is 0.412. The van der Waals surface area contributed by atoms with Gasteiger partial charge in [-0.05, 0) is 37.0 Å². The molecular formula is C17H23NO3. The third-order valence-corrected chi connectivity index (χ3v) is 3.32. The van der Waals surface area contributed by atoms with E-state index in [2.05, 4.69) is 25.7 Å². The molecule has 0 radical (unpaired) electrons. The van der Waals surface area contributed by atoms with Gasteiger partial charge in [-0.15, -0.1) is 0 Å². The second kappa shape index (κ2) is 8.25. The quantitative estimate of drug-likeness (QED) is 0.477. The number of ether oxygens (including phenoxy) is 1. The average Bonchev–Trinajstić information content (AvgIpc) is 2.50. The number of hydrogen-bond acceptors (Lipinski definition) is 3. The summed E-state index contributed by atoms with van der Waals surface area (Å²) in [7, 11) is 0. The number of amides is 1. The number of carbonyl (C=O) groups is 2. The third-order valence-electron chi connectivity index (χ3n) is 3.32. The summed E-state index contributed by atoms with van der Waals surface area (Å²) in [5.41, 5.74) is 2.18. The maximum atomic E-state index is 11.9. The highest BCUT2D eigenvalue weighted by molar-refractivity contribution is 5.94. The predicted molar refractivity (Wildman–Crippen MR) is 83.3 cm³/mol. The van der Waals surface area contributed by atoms with Crippen LogP contribution in [0.15, 0.2) is 36.4 Å². The first-order chi connectivity index (χ1) is 9.95. The van der Waals surface area contributed by atoms with Crippen molar-refractivity contribution < 1.29 is 14.3 Å². The zero-order valence-corrected chi connectivity index (χ0v) is 12.9. The van der Waals surface area contributed by atoms with Crippen molar-refractivity contribution in [1.29, 1.82) is 0 Å². The van der Waals surface area contributed by atoms with Crippen LogP contribution in [0.2, 0.25) is 0 Å². The van der Waals surface area contributed by atoms with Crippen LogP contribution >= 0.6 is 0 Å². The van der Waals surface area contributed by atoms with E-state index in [1.807, 2.05) is 24.3 Å². The van der Waals surface area contributed by atoms with Gasteiger partial charge in [0.1, 0.15) is 6.61 Å². The van der Waals surface area contributed by atoms with Crippen molar-refractivity contribution >= 4 is 11.9 Å². The van der Waals surface area contributed by atoms with Crippen LogP contribution < -0.4 is 5.32 Å². The molecule has 0 saturated heterocycles. The fourth-order valence-corrected chi connectivity index (χ4v) is 1.73. The minimum atomic E-state index is -0.442. The molecule has 1 aromatic carbocycles. The molecule has 1 aromatic rings. The predicted octanol–water partition coefficient (Wildman–Crippen LogP) is 3.05. The molecule has 114 valence electrons. The molecule has 0 saturated carbocycles. The van der Waals surface area contributed by atoms with E-state index < -0.39 is 5.97 Å². The van der Waals surface area contributed by atoms with Crippen molar-refractivity contribution in [2.45, 2.75) is 33.1 Å². The van der Waals surface area contributed by atoms with E-state index in [1.165, 1.54) is 5.56 Å². The topological polar surface area (TPSA) is 55.4 Å². The van der Waals surface area contributed by atoms with Gasteiger partial charge in [0.2, 0.25) is 0 Å². The Morgan fingerprint density at radius 3 is 2.43 bits per heavy atom. The molecule has 4 heteroatoms. The lowest BCUT2D eigenvalue weighted by Crippen LogP contribution is -2.28. The first-order valence-electron chi connectivity index (χ1n) is 7.16. The number of rotatable bonds is 7. The molecule has 1 amide bonds. The first-order valence-corrected chi connectivity index (χ1v) is 7.16. The summed E-state index contributed by atoms with van der Waals surface area (Å²) < 4.78 is 4.90. The highest BCUT2D eigenvalue weighted by atomic mass is 16.5. The summed E-state index contributed by atoms with van der Waals surface area (Å²) in [6.07, 6.45) is 1.07.